The summed E-state index contributed by atoms with van der Waals surface area (Å²) in [7, 11) is 0. The van der Waals surface area contributed by atoms with Crippen LogP contribution in [0.5, 0.6) is 0 Å². The summed E-state index contributed by atoms with van der Waals surface area (Å²) in [6, 6.07) is 7.50. The standard InChI is InChI=1S/C15H18N4O/c1-9(2)15-17-13(6-14(20)18-15)19-7-10-3-4-12(16)5-11(10)8-19/h3-6,9H,7-8,16H2,1-2H3,(H,17,18,20). The van der Waals surface area contributed by atoms with Crippen molar-refractivity contribution in [2.75, 3.05) is 10.6 Å². The first-order valence-electron chi connectivity index (χ1n) is 6.76. The van der Waals surface area contributed by atoms with Crippen LogP contribution in [0.25, 0.3) is 0 Å². The molecule has 5 heteroatoms. The molecule has 2 aromatic rings. The van der Waals surface area contributed by atoms with Crippen LogP contribution in [0.1, 0.15) is 36.7 Å². The molecule has 1 aliphatic rings. The molecule has 1 aromatic carbocycles. The zero-order valence-corrected chi connectivity index (χ0v) is 11.7. The molecular formula is C15H18N4O. The molecule has 0 saturated heterocycles. The van der Waals surface area contributed by atoms with Crippen LogP contribution >= 0.6 is 0 Å². The van der Waals surface area contributed by atoms with Crippen molar-refractivity contribution >= 4 is 11.5 Å². The van der Waals surface area contributed by atoms with Gasteiger partial charge in [-0.3, -0.25) is 4.79 Å². The van der Waals surface area contributed by atoms with Crippen molar-refractivity contribution in [3.8, 4) is 0 Å². The van der Waals surface area contributed by atoms with E-state index >= 15 is 0 Å². The molecule has 0 unspecified atom stereocenters. The SMILES string of the molecule is CC(C)c1nc(N2Cc3ccc(N)cc3C2)cc(=O)[nH]1. The fraction of sp³-hybridized carbons (Fsp3) is 0.333. The molecule has 0 spiro atoms. The first kappa shape index (κ1) is 12.7. The molecule has 0 aliphatic carbocycles. The molecule has 0 bridgehead atoms. The molecule has 0 saturated carbocycles. The number of nitrogens with one attached hydrogen (secondary N) is 1. The van der Waals surface area contributed by atoms with Gasteiger partial charge in [-0.2, -0.15) is 0 Å². The van der Waals surface area contributed by atoms with Gasteiger partial charge >= 0.3 is 0 Å². The van der Waals surface area contributed by atoms with Crippen LogP contribution in [-0.4, -0.2) is 9.97 Å². The predicted molar refractivity (Wildman–Crippen MR) is 79.7 cm³/mol. The molecule has 0 radical (unpaired) electrons. The van der Waals surface area contributed by atoms with Crippen LogP contribution in [-0.2, 0) is 13.1 Å². The number of aromatic nitrogens is 2. The Hall–Kier alpha value is -2.30. The zero-order chi connectivity index (χ0) is 14.3. The molecule has 0 atom stereocenters. The monoisotopic (exact) mass is 270 g/mol. The summed E-state index contributed by atoms with van der Waals surface area (Å²) in [6.45, 7) is 5.54. The molecule has 2 heterocycles. The second-order valence-electron chi connectivity index (χ2n) is 5.53. The van der Waals surface area contributed by atoms with E-state index in [9.17, 15) is 4.79 Å². The molecule has 5 nitrogen and oxygen atoms in total. The van der Waals surface area contributed by atoms with Crippen LogP contribution in [0.2, 0.25) is 0 Å². The summed E-state index contributed by atoms with van der Waals surface area (Å²) in [4.78, 5) is 21.2. The van der Waals surface area contributed by atoms with Crippen molar-refractivity contribution in [2.24, 2.45) is 0 Å². The molecule has 20 heavy (non-hydrogen) atoms. The minimum Gasteiger partial charge on any atom is -0.399 e. The van der Waals surface area contributed by atoms with Gasteiger partial charge in [0.15, 0.2) is 0 Å². The van der Waals surface area contributed by atoms with Crippen molar-refractivity contribution in [2.45, 2.75) is 32.9 Å². The second kappa shape index (κ2) is 4.67. The Morgan fingerprint density at radius 2 is 2.00 bits per heavy atom. The van der Waals surface area contributed by atoms with Crippen molar-refractivity contribution in [3.05, 3.63) is 51.6 Å². The highest BCUT2D eigenvalue weighted by molar-refractivity contribution is 5.52. The van der Waals surface area contributed by atoms with Gasteiger partial charge in [-0.1, -0.05) is 19.9 Å². The van der Waals surface area contributed by atoms with Gasteiger partial charge in [0.2, 0.25) is 0 Å². The molecule has 1 aromatic heterocycles. The minimum absolute atomic E-state index is 0.103. The molecule has 0 fully saturated rings. The van der Waals surface area contributed by atoms with Crippen LogP contribution in [0.4, 0.5) is 11.5 Å². The number of rotatable bonds is 2. The summed E-state index contributed by atoms with van der Waals surface area (Å²) in [5, 5.41) is 0. The Morgan fingerprint density at radius 3 is 2.75 bits per heavy atom. The van der Waals surface area contributed by atoms with Crippen LogP contribution in [0.15, 0.2) is 29.1 Å². The Morgan fingerprint density at radius 1 is 1.25 bits per heavy atom. The number of nitrogens with zero attached hydrogens (tertiary/aromatic N) is 2. The molecule has 0 amide bonds. The minimum atomic E-state index is -0.103. The molecule has 104 valence electrons. The lowest BCUT2D eigenvalue weighted by atomic mass is 10.1. The predicted octanol–water partition coefficient (Wildman–Crippen LogP) is 2.00. The topological polar surface area (TPSA) is 75.0 Å². The maximum Gasteiger partial charge on any atom is 0.252 e. The van der Waals surface area contributed by atoms with E-state index < -0.39 is 0 Å². The Labute approximate surface area is 117 Å². The first-order valence-corrected chi connectivity index (χ1v) is 6.76. The van der Waals surface area contributed by atoms with E-state index in [0.29, 0.717) is 0 Å². The average Bonchev–Trinajstić information content (AvgIpc) is 2.80. The number of anilines is 2. The lowest BCUT2D eigenvalue weighted by Gasteiger charge is -2.17. The third-order valence-corrected chi connectivity index (χ3v) is 3.57. The summed E-state index contributed by atoms with van der Waals surface area (Å²) in [5.41, 5.74) is 8.93. The van der Waals surface area contributed by atoms with Gasteiger partial charge in [0.1, 0.15) is 11.6 Å². The van der Waals surface area contributed by atoms with Crippen molar-refractivity contribution in [1.29, 1.82) is 0 Å². The fourth-order valence-corrected chi connectivity index (χ4v) is 2.48. The van der Waals surface area contributed by atoms with Crippen molar-refractivity contribution in [1.82, 2.24) is 9.97 Å². The van der Waals surface area contributed by atoms with E-state index in [1.165, 1.54) is 11.1 Å². The third-order valence-electron chi connectivity index (χ3n) is 3.57. The highest BCUT2D eigenvalue weighted by atomic mass is 16.1. The van der Waals surface area contributed by atoms with E-state index in [4.69, 9.17) is 5.73 Å². The van der Waals surface area contributed by atoms with Gasteiger partial charge in [0, 0.05) is 30.8 Å². The van der Waals surface area contributed by atoms with Gasteiger partial charge in [-0.25, -0.2) is 4.98 Å². The number of aromatic amines is 1. The highest BCUT2D eigenvalue weighted by Gasteiger charge is 2.21. The van der Waals surface area contributed by atoms with Crippen LogP contribution < -0.4 is 16.2 Å². The van der Waals surface area contributed by atoms with Gasteiger partial charge in [0.25, 0.3) is 5.56 Å². The summed E-state index contributed by atoms with van der Waals surface area (Å²) < 4.78 is 0. The van der Waals surface area contributed by atoms with E-state index in [1.807, 2.05) is 32.0 Å². The van der Waals surface area contributed by atoms with Crippen molar-refractivity contribution < 1.29 is 0 Å². The Balaban J connectivity index is 1.95. The lowest BCUT2D eigenvalue weighted by Crippen LogP contribution is -2.21. The van der Waals surface area contributed by atoms with E-state index in [-0.39, 0.29) is 11.5 Å². The second-order valence-corrected chi connectivity index (χ2v) is 5.53. The number of fused-ring (bicyclic) bond motifs is 1. The maximum absolute atomic E-state index is 11.8. The molecule has 3 rings (SSSR count). The number of H-pyrrole nitrogens is 1. The average molecular weight is 270 g/mol. The van der Waals surface area contributed by atoms with Crippen LogP contribution in [0, 0.1) is 0 Å². The lowest BCUT2D eigenvalue weighted by molar-refractivity contribution is 0.748. The zero-order valence-electron chi connectivity index (χ0n) is 11.7. The van der Waals surface area contributed by atoms with E-state index in [0.717, 1.165) is 30.4 Å². The van der Waals surface area contributed by atoms with Gasteiger partial charge in [0.05, 0.1) is 0 Å². The normalized spacial score (nSPS) is 13.8. The highest BCUT2D eigenvalue weighted by Crippen LogP contribution is 2.28. The quantitative estimate of drug-likeness (QED) is 0.818. The van der Waals surface area contributed by atoms with Crippen LogP contribution in [0.3, 0.4) is 0 Å². The van der Waals surface area contributed by atoms with E-state index in [2.05, 4.69) is 14.9 Å². The largest absolute Gasteiger partial charge is 0.399 e. The maximum atomic E-state index is 11.8. The fourth-order valence-electron chi connectivity index (χ4n) is 2.48. The number of hydrogen-bond acceptors (Lipinski definition) is 4. The molecule has 3 N–H and O–H groups in total. The van der Waals surface area contributed by atoms with Gasteiger partial charge < -0.3 is 15.6 Å². The summed E-state index contributed by atoms with van der Waals surface area (Å²) >= 11 is 0. The smallest absolute Gasteiger partial charge is 0.252 e. The molecular weight excluding hydrogens is 252 g/mol. The summed E-state index contributed by atoms with van der Waals surface area (Å²) in [5.74, 6) is 1.65. The van der Waals surface area contributed by atoms with E-state index in [1.54, 1.807) is 6.07 Å². The Bertz CT molecular complexity index is 705. The first-order chi connectivity index (χ1) is 9.52. The Kier molecular flexibility index (Phi) is 2.97. The number of hydrogen-bond donors (Lipinski definition) is 2. The number of nitrogen functional groups attached to an aromatic ring is 1. The van der Waals surface area contributed by atoms with Crippen molar-refractivity contribution in [3.63, 3.8) is 0 Å². The molecule has 1 aliphatic heterocycles. The number of benzene rings is 1. The van der Waals surface area contributed by atoms with Gasteiger partial charge in [-0.05, 0) is 23.3 Å². The summed E-state index contributed by atoms with van der Waals surface area (Å²) in [6.07, 6.45) is 0. The number of nitrogens with two attached hydrogens (primary N) is 1. The van der Waals surface area contributed by atoms with Gasteiger partial charge in [-0.15, -0.1) is 0 Å². The third kappa shape index (κ3) is 2.27.